The summed E-state index contributed by atoms with van der Waals surface area (Å²) < 4.78 is 5.52. The summed E-state index contributed by atoms with van der Waals surface area (Å²) in [5, 5.41) is 0. The van der Waals surface area contributed by atoms with Crippen LogP contribution in [0.1, 0.15) is 47.2 Å². The number of methoxy groups -OCH3 is 1. The molecule has 0 aliphatic heterocycles. The van der Waals surface area contributed by atoms with Gasteiger partial charge in [0, 0.05) is 19.1 Å². The van der Waals surface area contributed by atoms with E-state index in [0.29, 0.717) is 6.42 Å². The van der Waals surface area contributed by atoms with E-state index in [1.807, 2.05) is 32.0 Å². The predicted octanol–water partition coefficient (Wildman–Crippen LogP) is 3.45. The number of ether oxygens (including phenoxy) is 1. The van der Waals surface area contributed by atoms with Crippen molar-refractivity contribution < 1.29 is 9.53 Å². The molecule has 1 aliphatic carbocycles. The van der Waals surface area contributed by atoms with Crippen molar-refractivity contribution in [2.24, 2.45) is 0 Å². The van der Waals surface area contributed by atoms with E-state index < -0.39 is 0 Å². The van der Waals surface area contributed by atoms with Gasteiger partial charge in [0.05, 0.1) is 5.60 Å². The Morgan fingerprint density at radius 1 is 1.35 bits per heavy atom. The largest absolute Gasteiger partial charge is 0.378 e. The third kappa shape index (κ3) is 2.27. The van der Waals surface area contributed by atoms with Crippen LogP contribution in [0.3, 0.4) is 0 Å². The Morgan fingerprint density at radius 2 is 2.06 bits per heavy atom. The Kier molecular flexibility index (Phi) is 3.34. The maximum atomic E-state index is 12.3. The van der Waals surface area contributed by atoms with Gasteiger partial charge in [0.15, 0.2) is 5.78 Å². The third-order valence-electron chi connectivity index (χ3n) is 4.09. The van der Waals surface area contributed by atoms with Crippen molar-refractivity contribution in [1.82, 2.24) is 0 Å². The van der Waals surface area contributed by atoms with Crippen LogP contribution in [0, 0.1) is 13.8 Å². The van der Waals surface area contributed by atoms with Crippen LogP contribution < -0.4 is 0 Å². The molecule has 0 atom stereocenters. The van der Waals surface area contributed by atoms with Crippen molar-refractivity contribution in [2.45, 2.75) is 45.1 Å². The van der Waals surface area contributed by atoms with E-state index in [9.17, 15) is 4.79 Å². The highest BCUT2D eigenvalue weighted by Gasteiger charge is 2.39. The second-order valence-electron chi connectivity index (χ2n) is 5.09. The lowest BCUT2D eigenvalue weighted by Gasteiger charge is -2.40. The first kappa shape index (κ1) is 12.3. The van der Waals surface area contributed by atoms with Crippen LogP contribution in [0.15, 0.2) is 18.2 Å². The number of benzene rings is 1. The highest BCUT2D eigenvalue weighted by atomic mass is 16.5. The number of carbonyl (C=O) groups is 1. The van der Waals surface area contributed by atoms with Crippen molar-refractivity contribution in [2.75, 3.05) is 7.11 Å². The highest BCUT2D eigenvalue weighted by Crippen LogP contribution is 2.39. The molecule has 0 spiro atoms. The van der Waals surface area contributed by atoms with Crippen molar-refractivity contribution in [3.05, 3.63) is 34.9 Å². The summed E-state index contributed by atoms with van der Waals surface area (Å²) in [6.45, 7) is 4.06. The van der Waals surface area contributed by atoms with E-state index in [4.69, 9.17) is 4.74 Å². The average Bonchev–Trinajstić information content (AvgIpc) is 2.27. The van der Waals surface area contributed by atoms with Gasteiger partial charge in [-0.1, -0.05) is 18.2 Å². The van der Waals surface area contributed by atoms with Crippen LogP contribution in [0.4, 0.5) is 0 Å². The maximum Gasteiger partial charge on any atom is 0.166 e. The van der Waals surface area contributed by atoms with Crippen LogP contribution in [0.25, 0.3) is 0 Å². The minimum Gasteiger partial charge on any atom is -0.378 e. The third-order valence-corrected chi connectivity index (χ3v) is 4.09. The molecule has 0 N–H and O–H groups in total. The molecule has 0 saturated heterocycles. The van der Waals surface area contributed by atoms with Crippen molar-refractivity contribution >= 4 is 5.78 Å². The molecule has 0 amide bonds. The Hall–Kier alpha value is -1.15. The summed E-state index contributed by atoms with van der Waals surface area (Å²) in [6.07, 6.45) is 3.72. The van der Waals surface area contributed by atoms with Gasteiger partial charge in [-0.15, -0.1) is 0 Å². The zero-order valence-electron chi connectivity index (χ0n) is 10.9. The first-order chi connectivity index (χ1) is 8.08. The van der Waals surface area contributed by atoms with Gasteiger partial charge in [-0.2, -0.15) is 0 Å². The molecule has 1 aromatic carbocycles. The first-order valence-electron chi connectivity index (χ1n) is 6.22. The van der Waals surface area contributed by atoms with Crippen LogP contribution in [0.2, 0.25) is 0 Å². The molecule has 0 radical (unpaired) electrons. The van der Waals surface area contributed by atoms with Gasteiger partial charge in [0.2, 0.25) is 0 Å². The molecule has 1 saturated carbocycles. The number of Topliss-reactive ketones (excluding diaryl/α,β-unsaturated/α-hetero) is 1. The summed E-state index contributed by atoms with van der Waals surface area (Å²) >= 11 is 0. The fourth-order valence-electron chi connectivity index (χ4n) is 2.47. The van der Waals surface area contributed by atoms with Gasteiger partial charge >= 0.3 is 0 Å². The Morgan fingerprint density at radius 3 is 2.59 bits per heavy atom. The lowest BCUT2D eigenvalue weighted by molar-refractivity contribution is -0.0704. The molecule has 2 rings (SSSR count). The number of aryl methyl sites for hydroxylation is 1. The molecule has 92 valence electrons. The molecule has 0 bridgehead atoms. The fraction of sp³-hybridized carbons (Fsp3) is 0.533. The predicted molar refractivity (Wildman–Crippen MR) is 68.5 cm³/mol. The molecule has 2 nitrogen and oxygen atoms in total. The van der Waals surface area contributed by atoms with Crippen molar-refractivity contribution in [1.29, 1.82) is 0 Å². The summed E-state index contributed by atoms with van der Waals surface area (Å²) in [6, 6.07) is 5.92. The Labute approximate surface area is 103 Å². The molecule has 1 fully saturated rings. The second-order valence-corrected chi connectivity index (χ2v) is 5.09. The molecule has 0 unspecified atom stereocenters. The molecular weight excluding hydrogens is 212 g/mol. The second kappa shape index (κ2) is 4.61. The zero-order chi connectivity index (χ0) is 12.5. The number of rotatable bonds is 4. The first-order valence-corrected chi connectivity index (χ1v) is 6.22. The monoisotopic (exact) mass is 232 g/mol. The minimum atomic E-state index is -0.173. The summed E-state index contributed by atoms with van der Waals surface area (Å²) in [4.78, 5) is 12.3. The number of hydrogen-bond acceptors (Lipinski definition) is 2. The van der Waals surface area contributed by atoms with E-state index in [1.165, 1.54) is 12.0 Å². The molecule has 2 heteroatoms. The lowest BCUT2D eigenvalue weighted by atomic mass is 9.75. The van der Waals surface area contributed by atoms with Crippen LogP contribution in [0.5, 0.6) is 0 Å². The smallest absolute Gasteiger partial charge is 0.166 e. The summed E-state index contributed by atoms with van der Waals surface area (Å²) in [5.41, 5.74) is 2.96. The standard InChI is InChI=1S/C15H20O2/c1-11-6-4-7-13(12(11)2)14(16)10-15(17-3)8-5-9-15/h4,6-7H,5,8-10H2,1-3H3. The van der Waals surface area contributed by atoms with Crippen LogP contribution in [-0.2, 0) is 4.74 Å². The van der Waals surface area contributed by atoms with E-state index in [2.05, 4.69) is 0 Å². The minimum absolute atomic E-state index is 0.173. The zero-order valence-corrected chi connectivity index (χ0v) is 10.9. The summed E-state index contributed by atoms with van der Waals surface area (Å²) in [5.74, 6) is 0.216. The van der Waals surface area contributed by atoms with Gasteiger partial charge in [0.25, 0.3) is 0 Å². The quantitative estimate of drug-likeness (QED) is 0.743. The number of ketones is 1. The van der Waals surface area contributed by atoms with Crippen molar-refractivity contribution in [3.63, 3.8) is 0 Å². The molecule has 17 heavy (non-hydrogen) atoms. The maximum absolute atomic E-state index is 12.3. The average molecular weight is 232 g/mol. The SMILES string of the molecule is COC1(CC(=O)c2cccc(C)c2C)CCC1. The van der Waals surface area contributed by atoms with E-state index in [-0.39, 0.29) is 11.4 Å². The summed E-state index contributed by atoms with van der Waals surface area (Å²) in [7, 11) is 1.72. The van der Waals surface area contributed by atoms with Gasteiger partial charge in [0.1, 0.15) is 0 Å². The molecular formula is C15H20O2. The molecule has 1 aliphatic rings. The van der Waals surface area contributed by atoms with Gasteiger partial charge in [-0.25, -0.2) is 0 Å². The molecule has 0 heterocycles. The Bertz CT molecular complexity index is 425. The number of carbonyl (C=O) groups excluding carboxylic acids is 1. The van der Waals surface area contributed by atoms with Crippen LogP contribution in [-0.4, -0.2) is 18.5 Å². The van der Waals surface area contributed by atoms with Gasteiger partial charge in [-0.05, 0) is 44.2 Å². The molecule has 1 aromatic rings. The highest BCUT2D eigenvalue weighted by molar-refractivity contribution is 5.98. The topological polar surface area (TPSA) is 26.3 Å². The van der Waals surface area contributed by atoms with E-state index in [1.54, 1.807) is 7.11 Å². The van der Waals surface area contributed by atoms with E-state index in [0.717, 1.165) is 24.0 Å². The fourth-order valence-corrected chi connectivity index (χ4v) is 2.47. The van der Waals surface area contributed by atoms with Crippen LogP contribution >= 0.6 is 0 Å². The van der Waals surface area contributed by atoms with E-state index >= 15 is 0 Å². The normalized spacial score (nSPS) is 17.6. The lowest BCUT2D eigenvalue weighted by Crippen LogP contribution is -2.41. The van der Waals surface area contributed by atoms with Gasteiger partial charge in [-0.3, -0.25) is 4.79 Å². The Balaban J connectivity index is 2.17. The number of hydrogen-bond donors (Lipinski definition) is 0. The van der Waals surface area contributed by atoms with Crippen molar-refractivity contribution in [3.8, 4) is 0 Å². The van der Waals surface area contributed by atoms with Gasteiger partial charge < -0.3 is 4.74 Å². The molecule has 0 aromatic heterocycles.